The van der Waals surface area contributed by atoms with Crippen molar-refractivity contribution in [3.63, 3.8) is 0 Å². The third kappa shape index (κ3) is 3.25. The van der Waals surface area contributed by atoms with Crippen molar-refractivity contribution in [1.82, 2.24) is 5.06 Å². The van der Waals surface area contributed by atoms with Crippen molar-refractivity contribution in [2.75, 3.05) is 5.32 Å². The Morgan fingerprint density at radius 2 is 1.69 bits per heavy atom. The van der Waals surface area contributed by atoms with Gasteiger partial charge in [-0.25, -0.2) is 9.18 Å². The molecular weight excluding hydrogens is 383 g/mol. The predicted octanol–water partition coefficient (Wildman–Crippen LogP) is 3.04. The summed E-state index contributed by atoms with van der Waals surface area (Å²) in [6.45, 7) is 0. The number of nitrogens with zero attached hydrogens (tertiary/aromatic N) is 1. The number of carbonyl (C=O) groups excluding carboxylic acids is 4. The van der Waals surface area contributed by atoms with E-state index in [2.05, 4.69) is 5.32 Å². The first-order valence-electron chi connectivity index (χ1n) is 8.29. The van der Waals surface area contributed by atoms with E-state index >= 15 is 0 Å². The summed E-state index contributed by atoms with van der Waals surface area (Å²) in [7, 11) is 0. The molecule has 3 amide bonds. The molecule has 0 fully saturated rings. The van der Waals surface area contributed by atoms with E-state index in [1.54, 1.807) is 12.1 Å². The fourth-order valence-electron chi connectivity index (χ4n) is 2.77. The third-order valence-corrected chi connectivity index (χ3v) is 4.16. The van der Waals surface area contributed by atoms with Crippen LogP contribution < -0.4 is 5.32 Å². The molecule has 2 heterocycles. The van der Waals surface area contributed by atoms with Gasteiger partial charge < -0.3 is 14.6 Å². The van der Waals surface area contributed by atoms with Crippen molar-refractivity contribution in [1.29, 1.82) is 0 Å². The number of halogens is 1. The van der Waals surface area contributed by atoms with E-state index in [4.69, 9.17) is 9.25 Å². The zero-order valence-corrected chi connectivity index (χ0v) is 14.5. The van der Waals surface area contributed by atoms with Gasteiger partial charge in [0.1, 0.15) is 12.1 Å². The van der Waals surface area contributed by atoms with E-state index in [1.165, 1.54) is 30.7 Å². The smallest absolute Gasteiger partial charge is 0.366 e. The van der Waals surface area contributed by atoms with Crippen LogP contribution in [0, 0.1) is 5.82 Å². The first-order chi connectivity index (χ1) is 14.0. The summed E-state index contributed by atoms with van der Waals surface area (Å²) >= 11 is 0. The van der Waals surface area contributed by atoms with Gasteiger partial charge in [-0.15, -0.1) is 0 Å². The summed E-state index contributed by atoms with van der Waals surface area (Å²) in [6, 6.07) is 10.3. The highest BCUT2D eigenvalue weighted by Crippen LogP contribution is 2.25. The quantitative estimate of drug-likeness (QED) is 0.682. The fourth-order valence-corrected chi connectivity index (χ4v) is 2.77. The van der Waals surface area contributed by atoms with Crippen LogP contribution in [0.3, 0.4) is 0 Å². The molecule has 29 heavy (non-hydrogen) atoms. The molecule has 0 bridgehead atoms. The van der Waals surface area contributed by atoms with Crippen LogP contribution in [0.1, 0.15) is 41.4 Å². The number of anilines is 1. The molecule has 2 aromatic carbocycles. The van der Waals surface area contributed by atoms with E-state index in [0.29, 0.717) is 5.06 Å². The van der Waals surface area contributed by atoms with Crippen LogP contribution in [0.15, 0.2) is 65.5 Å². The number of fused-ring (bicyclic) bond motifs is 1. The van der Waals surface area contributed by atoms with Gasteiger partial charge in [0.2, 0.25) is 0 Å². The van der Waals surface area contributed by atoms with E-state index in [0.717, 1.165) is 18.2 Å². The number of nitrogens with one attached hydrogen (secondary N) is 1. The van der Waals surface area contributed by atoms with Crippen LogP contribution in [0.2, 0.25) is 0 Å². The molecule has 1 N–H and O–H groups in total. The summed E-state index contributed by atoms with van der Waals surface area (Å²) in [5.41, 5.74) is -0.109. The number of hydrogen-bond acceptors (Lipinski definition) is 6. The molecule has 8 nitrogen and oxygen atoms in total. The first kappa shape index (κ1) is 18.1. The zero-order valence-electron chi connectivity index (χ0n) is 14.5. The zero-order chi connectivity index (χ0) is 20.5. The van der Waals surface area contributed by atoms with Gasteiger partial charge in [0.05, 0.1) is 34.2 Å². The fraction of sp³-hybridized carbons (Fsp3) is 0. The number of carbonyl (C=O) groups is 4. The van der Waals surface area contributed by atoms with Gasteiger partial charge in [-0.2, -0.15) is 0 Å². The molecule has 0 saturated carbocycles. The molecule has 0 saturated heterocycles. The van der Waals surface area contributed by atoms with E-state index in [-0.39, 0.29) is 27.9 Å². The van der Waals surface area contributed by atoms with Crippen molar-refractivity contribution in [3.8, 4) is 0 Å². The van der Waals surface area contributed by atoms with Crippen LogP contribution in [0.25, 0.3) is 0 Å². The third-order valence-electron chi connectivity index (χ3n) is 4.16. The van der Waals surface area contributed by atoms with Gasteiger partial charge >= 0.3 is 5.97 Å². The van der Waals surface area contributed by atoms with Gasteiger partial charge in [-0.3, -0.25) is 14.4 Å². The first-order valence-corrected chi connectivity index (χ1v) is 8.29. The minimum absolute atomic E-state index is 0.0953. The van der Waals surface area contributed by atoms with E-state index in [1.807, 2.05) is 0 Å². The van der Waals surface area contributed by atoms with Gasteiger partial charge in [0.25, 0.3) is 17.7 Å². The van der Waals surface area contributed by atoms with E-state index in [9.17, 15) is 23.6 Å². The summed E-state index contributed by atoms with van der Waals surface area (Å²) in [6.07, 6.45) is 2.45. The van der Waals surface area contributed by atoms with Crippen LogP contribution in [-0.2, 0) is 4.84 Å². The number of benzene rings is 2. The average Bonchev–Trinajstić information content (AvgIpc) is 3.32. The second kappa shape index (κ2) is 7.04. The van der Waals surface area contributed by atoms with Gasteiger partial charge in [-0.05, 0) is 36.4 Å². The summed E-state index contributed by atoms with van der Waals surface area (Å²) in [4.78, 5) is 54.4. The minimum atomic E-state index is -1.12. The highest BCUT2D eigenvalue weighted by Gasteiger charge is 2.39. The van der Waals surface area contributed by atoms with Crippen molar-refractivity contribution in [3.05, 3.63) is 89.1 Å². The van der Waals surface area contributed by atoms with Gasteiger partial charge in [0, 0.05) is 0 Å². The topological polar surface area (TPSA) is 106 Å². The SMILES string of the molecule is O=C(Nc1cc(F)ccc1C(=O)ON1C(=O)c2ccccc2C1=O)c1ccoc1. The lowest BCUT2D eigenvalue weighted by atomic mass is 10.1. The Kier molecular flexibility index (Phi) is 4.40. The normalized spacial score (nSPS) is 12.7. The molecule has 9 heteroatoms. The summed E-state index contributed by atoms with van der Waals surface area (Å²) < 4.78 is 18.5. The lowest BCUT2D eigenvalue weighted by molar-refractivity contribution is -0.0583. The Morgan fingerprint density at radius 1 is 1.00 bits per heavy atom. The largest absolute Gasteiger partial charge is 0.472 e. The highest BCUT2D eigenvalue weighted by atomic mass is 19.1. The van der Waals surface area contributed by atoms with Gasteiger partial charge in [-0.1, -0.05) is 17.2 Å². The predicted molar refractivity (Wildman–Crippen MR) is 95.4 cm³/mol. The molecule has 1 aliphatic heterocycles. The number of rotatable bonds is 4. The second-order valence-electron chi connectivity index (χ2n) is 5.99. The maximum absolute atomic E-state index is 13.7. The Morgan fingerprint density at radius 3 is 2.31 bits per heavy atom. The molecular formula is C20H11FN2O6. The van der Waals surface area contributed by atoms with Crippen molar-refractivity contribution in [2.45, 2.75) is 0 Å². The van der Waals surface area contributed by atoms with Crippen LogP contribution in [0.4, 0.5) is 10.1 Å². The molecule has 1 aliphatic rings. The average molecular weight is 394 g/mol. The number of hydrogen-bond donors (Lipinski definition) is 1. The van der Waals surface area contributed by atoms with Crippen LogP contribution in [0.5, 0.6) is 0 Å². The number of amides is 3. The molecule has 0 aliphatic carbocycles. The molecule has 0 unspecified atom stereocenters. The number of furan rings is 1. The van der Waals surface area contributed by atoms with Crippen molar-refractivity contribution < 1.29 is 32.8 Å². The Hall–Kier alpha value is -4.27. The Balaban J connectivity index is 1.59. The van der Waals surface area contributed by atoms with Crippen molar-refractivity contribution >= 4 is 29.4 Å². The molecule has 1 aromatic heterocycles. The lowest BCUT2D eigenvalue weighted by Gasteiger charge is -2.15. The minimum Gasteiger partial charge on any atom is -0.472 e. The number of imide groups is 1. The summed E-state index contributed by atoms with van der Waals surface area (Å²) in [5, 5.41) is 2.70. The Bertz CT molecular complexity index is 1120. The maximum atomic E-state index is 13.7. The van der Waals surface area contributed by atoms with Crippen molar-refractivity contribution in [2.24, 2.45) is 0 Å². The van der Waals surface area contributed by atoms with Crippen LogP contribution in [-0.4, -0.2) is 28.8 Å². The van der Waals surface area contributed by atoms with E-state index < -0.39 is 29.5 Å². The van der Waals surface area contributed by atoms with Gasteiger partial charge in [0.15, 0.2) is 0 Å². The standard InChI is InChI=1S/C20H11FN2O6/c21-12-5-6-15(16(9-12)22-17(24)11-7-8-28-10-11)20(27)29-23-18(25)13-3-1-2-4-14(13)19(23)26/h1-10H,(H,22,24). The monoisotopic (exact) mass is 394 g/mol. The molecule has 3 aromatic rings. The number of hydroxylamine groups is 2. The molecule has 144 valence electrons. The molecule has 0 radical (unpaired) electrons. The molecule has 4 rings (SSSR count). The lowest BCUT2D eigenvalue weighted by Crippen LogP contribution is -2.33. The highest BCUT2D eigenvalue weighted by molar-refractivity contribution is 6.21. The van der Waals surface area contributed by atoms with Crippen LogP contribution >= 0.6 is 0 Å². The maximum Gasteiger partial charge on any atom is 0.366 e. The second-order valence-corrected chi connectivity index (χ2v) is 5.99. The summed E-state index contributed by atoms with van der Waals surface area (Å²) in [5.74, 6) is -4.10. The Labute approximate surface area is 162 Å². The molecule has 0 atom stereocenters. The molecule has 0 spiro atoms.